The van der Waals surface area contributed by atoms with E-state index in [-0.39, 0.29) is 12.3 Å². The minimum atomic E-state index is -0.774. The Bertz CT molecular complexity index is 732. The van der Waals surface area contributed by atoms with Crippen LogP contribution in [0.5, 0.6) is 0 Å². The maximum atomic E-state index is 11.9. The Morgan fingerprint density at radius 2 is 1.82 bits per heavy atom. The molecule has 1 unspecified atom stereocenters. The number of benzene rings is 2. The maximum Gasteiger partial charge on any atom is 0.223 e. The Hall–Kier alpha value is -2.59. The summed E-state index contributed by atoms with van der Waals surface area (Å²) in [5.41, 5.74) is 2.75. The summed E-state index contributed by atoms with van der Waals surface area (Å²) in [4.78, 5) is 15.2. The Kier molecular flexibility index (Phi) is 4.21. The van der Waals surface area contributed by atoms with Crippen LogP contribution in [0.1, 0.15) is 23.8 Å². The van der Waals surface area contributed by atoms with Gasteiger partial charge in [0.2, 0.25) is 5.91 Å². The summed E-state index contributed by atoms with van der Waals surface area (Å²) in [6, 6.07) is 19.2. The fourth-order valence-electron chi connectivity index (χ4n) is 2.46. The molecule has 3 rings (SSSR count). The van der Waals surface area contributed by atoms with Crippen molar-refractivity contribution in [3.05, 3.63) is 71.9 Å². The van der Waals surface area contributed by atoms with Crippen LogP contribution in [0.15, 0.2) is 60.7 Å². The van der Waals surface area contributed by atoms with E-state index < -0.39 is 6.10 Å². The highest BCUT2D eigenvalue weighted by Crippen LogP contribution is 2.16. The van der Waals surface area contributed by atoms with Crippen LogP contribution in [0.25, 0.3) is 10.9 Å². The average molecular weight is 294 g/mol. The average Bonchev–Trinajstić information content (AvgIpc) is 2.96. The second kappa shape index (κ2) is 6.45. The zero-order valence-corrected chi connectivity index (χ0v) is 12.1. The van der Waals surface area contributed by atoms with Crippen molar-refractivity contribution in [1.82, 2.24) is 10.3 Å². The number of aliphatic hydroxyl groups is 1. The van der Waals surface area contributed by atoms with Gasteiger partial charge in [-0.1, -0.05) is 48.5 Å². The van der Waals surface area contributed by atoms with Gasteiger partial charge in [-0.05, 0) is 23.1 Å². The molecule has 4 nitrogen and oxygen atoms in total. The van der Waals surface area contributed by atoms with Crippen LogP contribution in [0, 0.1) is 0 Å². The van der Waals surface area contributed by atoms with Gasteiger partial charge in [0.1, 0.15) is 0 Å². The van der Waals surface area contributed by atoms with Gasteiger partial charge in [-0.2, -0.15) is 0 Å². The third-order valence-corrected chi connectivity index (χ3v) is 3.62. The number of rotatable bonds is 5. The van der Waals surface area contributed by atoms with Gasteiger partial charge in [0, 0.05) is 11.2 Å². The number of amides is 1. The largest absolute Gasteiger partial charge is 0.388 e. The first-order chi connectivity index (χ1) is 10.7. The number of carbonyl (C=O) groups is 1. The highest BCUT2D eigenvalue weighted by molar-refractivity contribution is 5.80. The van der Waals surface area contributed by atoms with E-state index in [0.29, 0.717) is 6.54 Å². The van der Waals surface area contributed by atoms with Crippen LogP contribution in [0.2, 0.25) is 0 Å². The number of carbonyl (C=O) groups excluding carboxylic acids is 1. The Balaban J connectivity index is 1.56. The van der Waals surface area contributed by atoms with Crippen LogP contribution >= 0.6 is 0 Å². The molecule has 1 amide bonds. The van der Waals surface area contributed by atoms with Crippen molar-refractivity contribution in [3.8, 4) is 0 Å². The first-order valence-electron chi connectivity index (χ1n) is 7.29. The smallest absolute Gasteiger partial charge is 0.223 e. The Morgan fingerprint density at radius 1 is 1.09 bits per heavy atom. The number of H-pyrrole nitrogens is 1. The van der Waals surface area contributed by atoms with E-state index in [0.717, 1.165) is 22.2 Å². The highest BCUT2D eigenvalue weighted by Gasteiger charge is 2.12. The predicted octanol–water partition coefficient (Wildman–Crippen LogP) is 2.91. The number of hydrogen-bond acceptors (Lipinski definition) is 2. The fourth-order valence-corrected chi connectivity index (χ4v) is 2.46. The van der Waals surface area contributed by atoms with E-state index in [1.807, 2.05) is 60.7 Å². The minimum absolute atomic E-state index is 0.0598. The molecule has 0 saturated carbocycles. The van der Waals surface area contributed by atoms with E-state index >= 15 is 0 Å². The summed E-state index contributed by atoms with van der Waals surface area (Å²) in [5, 5.41) is 14.0. The molecule has 0 radical (unpaired) electrons. The molecule has 2 aromatic carbocycles. The second-order valence-corrected chi connectivity index (χ2v) is 5.29. The monoisotopic (exact) mass is 294 g/mol. The van der Waals surface area contributed by atoms with Crippen molar-refractivity contribution in [2.45, 2.75) is 19.1 Å². The molecule has 0 aliphatic rings. The van der Waals surface area contributed by atoms with Crippen LogP contribution < -0.4 is 5.32 Å². The van der Waals surface area contributed by atoms with Crippen molar-refractivity contribution in [1.29, 1.82) is 0 Å². The lowest BCUT2D eigenvalue weighted by Gasteiger charge is -2.10. The quantitative estimate of drug-likeness (QED) is 0.677. The van der Waals surface area contributed by atoms with E-state index in [9.17, 15) is 9.90 Å². The molecule has 0 bridgehead atoms. The molecule has 1 aromatic heterocycles. The molecule has 22 heavy (non-hydrogen) atoms. The molecule has 0 saturated heterocycles. The van der Waals surface area contributed by atoms with Gasteiger partial charge in [0.15, 0.2) is 0 Å². The van der Waals surface area contributed by atoms with Crippen LogP contribution in [-0.4, -0.2) is 16.0 Å². The van der Waals surface area contributed by atoms with Gasteiger partial charge in [0.05, 0.1) is 19.1 Å². The molecule has 3 aromatic rings. The lowest BCUT2D eigenvalue weighted by Crippen LogP contribution is -2.24. The summed E-state index contributed by atoms with van der Waals surface area (Å²) in [6.07, 6.45) is -0.714. The standard InChI is InChI=1S/C18H18N2O2/c21-17(13-6-2-1-3-7-13)11-18(22)19-12-15-10-14-8-4-5-9-16(14)20-15/h1-10,17,20-21H,11-12H2,(H,19,22). The lowest BCUT2D eigenvalue weighted by atomic mass is 10.1. The summed E-state index contributed by atoms with van der Waals surface area (Å²) in [7, 11) is 0. The summed E-state index contributed by atoms with van der Waals surface area (Å²) in [5.74, 6) is -0.171. The van der Waals surface area contributed by atoms with Crippen molar-refractivity contribution in [3.63, 3.8) is 0 Å². The highest BCUT2D eigenvalue weighted by atomic mass is 16.3. The number of aromatic amines is 1. The van der Waals surface area contributed by atoms with Crippen molar-refractivity contribution in [2.75, 3.05) is 0 Å². The molecule has 4 heteroatoms. The van der Waals surface area contributed by atoms with Crippen LogP contribution in [0.3, 0.4) is 0 Å². The molecule has 0 fully saturated rings. The van der Waals surface area contributed by atoms with Gasteiger partial charge in [-0.3, -0.25) is 4.79 Å². The molecule has 0 aliphatic carbocycles. The van der Waals surface area contributed by atoms with Crippen molar-refractivity contribution in [2.24, 2.45) is 0 Å². The molecular formula is C18H18N2O2. The van der Waals surface area contributed by atoms with Crippen molar-refractivity contribution < 1.29 is 9.90 Å². The SMILES string of the molecule is O=C(CC(O)c1ccccc1)NCc1cc2ccccc2[nH]1. The number of fused-ring (bicyclic) bond motifs is 1. The van der Waals surface area contributed by atoms with Crippen LogP contribution in [-0.2, 0) is 11.3 Å². The van der Waals surface area contributed by atoms with Crippen LogP contribution in [0.4, 0.5) is 0 Å². The van der Waals surface area contributed by atoms with E-state index in [1.165, 1.54) is 0 Å². The zero-order valence-electron chi connectivity index (χ0n) is 12.1. The minimum Gasteiger partial charge on any atom is -0.388 e. The third-order valence-electron chi connectivity index (χ3n) is 3.62. The Morgan fingerprint density at radius 3 is 2.59 bits per heavy atom. The summed E-state index contributed by atoms with van der Waals surface area (Å²) < 4.78 is 0. The van der Waals surface area contributed by atoms with Gasteiger partial charge < -0.3 is 15.4 Å². The lowest BCUT2D eigenvalue weighted by molar-refractivity contribution is -0.123. The fraction of sp³-hybridized carbons (Fsp3) is 0.167. The first-order valence-corrected chi connectivity index (χ1v) is 7.29. The summed E-state index contributed by atoms with van der Waals surface area (Å²) in [6.45, 7) is 0.426. The molecule has 0 spiro atoms. The number of nitrogens with one attached hydrogen (secondary N) is 2. The van der Waals surface area contributed by atoms with Gasteiger partial charge in [0.25, 0.3) is 0 Å². The number of para-hydroxylation sites is 1. The maximum absolute atomic E-state index is 11.9. The van der Waals surface area contributed by atoms with Crippen molar-refractivity contribution >= 4 is 16.8 Å². The van der Waals surface area contributed by atoms with E-state index in [1.54, 1.807) is 0 Å². The topological polar surface area (TPSA) is 65.1 Å². The Labute approximate surface area is 128 Å². The third kappa shape index (κ3) is 3.35. The zero-order chi connectivity index (χ0) is 15.4. The molecule has 1 heterocycles. The van der Waals surface area contributed by atoms with E-state index in [2.05, 4.69) is 10.3 Å². The number of hydrogen-bond donors (Lipinski definition) is 3. The molecule has 3 N–H and O–H groups in total. The molecule has 1 atom stereocenters. The molecular weight excluding hydrogens is 276 g/mol. The van der Waals surface area contributed by atoms with Gasteiger partial charge in [-0.15, -0.1) is 0 Å². The van der Waals surface area contributed by atoms with E-state index in [4.69, 9.17) is 0 Å². The van der Waals surface area contributed by atoms with Gasteiger partial charge in [-0.25, -0.2) is 0 Å². The first kappa shape index (κ1) is 14.4. The second-order valence-electron chi connectivity index (χ2n) is 5.29. The molecule has 0 aliphatic heterocycles. The number of aromatic nitrogens is 1. The number of aliphatic hydroxyl groups excluding tert-OH is 1. The predicted molar refractivity (Wildman–Crippen MR) is 86.2 cm³/mol. The molecule has 112 valence electrons. The normalized spacial score (nSPS) is 12.2. The summed E-state index contributed by atoms with van der Waals surface area (Å²) >= 11 is 0. The van der Waals surface area contributed by atoms with Gasteiger partial charge >= 0.3 is 0 Å².